The van der Waals surface area contributed by atoms with E-state index >= 15 is 0 Å². The van der Waals surface area contributed by atoms with Crippen LogP contribution >= 0.6 is 11.3 Å². The van der Waals surface area contributed by atoms with E-state index in [1.807, 2.05) is 12.3 Å². The molecule has 0 aliphatic heterocycles. The molecule has 1 atom stereocenters. The van der Waals surface area contributed by atoms with Gasteiger partial charge in [0.25, 0.3) is 0 Å². The first kappa shape index (κ1) is 14.0. The zero-order valence-electron chi connectivity index (χ0n) is 10.8. The normalized spacial score (nSPS) is 17.9. The van der Waals surface area contributed by atoms with Gasteiger partial charge in [0.05, 0.1) is 0 Å². The minimum absolute atomic E-state index is 0.271. The van der Waals surface area contributed by atoms with Gasteiger partial charge in [-0.2, -0.15) is 0 Å². The van der Waals surface area contributed by atoms with Crippen LogP contribution in [0, 0.1) is 18.8 Å². The lowest BCUT2D eigenvalue weighted by Gasteiger charge is -2.12. The number of hydrogen-bond donors (Lipinski definition) is 2. The first-order chi connectivity index (χ1) is 8.45. The van der Waals surface area contributed by atoms with Crippen molar-refractivity contribution >= 4 is 21.4 Å². The van der Waals surface area contributed by atoms with Crippen molar-refractivity contribution in [1.82, 2.24) is 4.72 Å². The van der Waals surface area contributed by atoms with Gasteiger partial charge in [0, 0.05) is 18.0 Å². The van der Waals surface area contributed by atoms with Gasteiger partial charge in [-0.25, -0.2) is 13.1 Å². The molecule has 3 N–H and O–H groups in total. The third-order valence-electron chi connectivity index (χ3n) is 3.47. The lowest BCUT2D eigenvalue weighted by Crippen LogP contribution is -2.30. The molecule has 1 fully saturated rings. The third kappa shape index (κ3) is 2.93. The van der Waals surface area contributed by atoms with Crippen molar-refractivity contribution in [3.63, 3.8) is 0 Å². The van der Waals surface area contributed by atoms with E-state index in [1.165, 1.54) is 24.2 Å². The van der Waals surface area contributed by atoms with Crippen LogP contribution in [-0.2, 0) is 16.6 Å². The van der Waals surface area contributed by atoms with E-state index in [9.17, 15) is 8.42 Å². The molecule has 1 aromatic heterocycles. The summed E-state index contributed by atoms with van der Waals surface area (Å²) < 4.78 is 27.3. The summed E-state index contributed by atoms with van der Waals surface area (Å²) in [6, 6.07) is 0. The van der Waals surface area contributed by atoms with E-state index in [1.54, 1.807) is 0 Å². The highest BCUT2D eigenvalue weighted by atomic mass is 32.2. The van der Waals surface area contributed by atoms with Gasteiger partial charge in [0.2, 0.25) is 10.0 Å². The van der Waals surface area contributed by atoms with Crippen molar-refractivity contribution in [1.29, 1.82) is 0 Å². The highest BCUT2D eigenvalue weighted by molar-refractivity contribution is 7.89. The quantitative estimate of drug-likeness (QED) is 0.839. The molecule has 0 bridgehead atoms. The molecule has 0 spiro atoms. The van der Waals surface area contributed by atoms with E-state index in [2.05, 4.69) is 11.6 Å². The summed E-state index contributed by atoms with van der Waals surface area (Å²) in [7, 11) is -3.41. The van der Waals surface area contributed by atoms with Crippen LogP contribution < -0.4 is 10.5 Å². The van der Waals surface area contributed by atoms with Crippen molar-refractivity contribution in [3.05, 3.63) is 15.8 Å². The summed E-state index contributed by atoms with van der Waals surface area (Å²) >= 11 is 1.41. The molecular formula is C12H20N2O2S2. The predicted octanol–water partition coefficient (Wildman–Crippen LogP) is 1.84. The Balaban J connectivity index is 2.11. The van der Waals surface area contributed by atoms with Crippen LogP contribution in [0.15, 0.2) is 10.3 Å². The number of aryl methyl sites for hydroxylation is 1. The van der Waals surface area contributed by atoms with Crippen molar-refractivity contribution < 1.29 is 8.42 Å². The third-order valence-corrected chi connectivity index (χ3v) is 6.37. The highest BCUT2D eigenvalue weighted by Gasteiger charge is 2.29. The Morgan fingerprint density at radius 1 is 1.56 bits per heavy atom. The Morgan fingerprint density at radius 2 is 2.22 bits per heavy atom. The van der Waals surface area contributed by atoms with E-state index in [0.717, 1.165) is 10.4 Å². The van der Waals surface area contributed by atoms with Crippen molar-refractivity contribution in [2.24, 2.45) is 17.6 Å². The number of thiophene rings is 1. The van der Waals surface area contributed by atoms with Crippen molar-refractivity contribution in [3.8, 4) is 0 Å². The zero-order valence-corrected chi connectivity index (χ0v) is 12.4. The Morgan fingerprint density at radius 3 is 2.78 bits per heavy atom. The monoisotopic (exact) mass is 288 g/mol. The summed E-state index contributed by atoms with van der Waals surface area (Å²) in [6.45, 7) is 4.71. The summed E-state index contributed by atoms with van der Waals surface area (Å²) in [5.41, 5.74) is 6.38. The van der Waals surface area contributed by atoms with Crippen molar-refractivity contribution in [2.45, 2.75) is 38.1 Å². The molecule has 1 aliphatic rings. The average Bonchev–Trinajstić information content (AvgIpc) is 3.09. The smallest absolute Gasteiger partial charge is 0.241 e. The van der Waals surface area contributed by atoms with E-state index in [4.69, 9.17) is 5.73 Å². The van der Waals surface area contributed by atoms with Crippen LogP contribution in [-0.4, -0.2) is 15.0 Å². The van der Waals surface area contributed by atoms with Gasteiger partial charge >= 0.3 is 0 Å². The maximum Gasteiger partial charge on any atom is 0.241 e. The zero-order chi connectivity index (χ0) is 13.3. The first-order valence-corrected chi connectivity index (χ1v) is 8.58. The topological polar surface area (TPSA) is 72.2 Å². The standard InChI is InChI=1S/C12H20N2O2S2/c1-8(10-3-4-10)6-14-18(15,16)12-9(2)7-17-11(12)5-13/h7-8,10,14H,3-6,13H2,1-2H3. The number of rotatable bonds is 6. The van der Waals surface area contributed by atoms with Crippen LogP contribution in [0.2, 0.25) is 0 Å². The van der Waals surface area contributed by atoms with Crippen LogP contribution in [0.3, 0.4) is 0 Å². The molecule has 1 saturated carbocycles. The minimum atomic E-state index is -3.41. The Bertz CT molecular complexity index is 518. The fourth-order valence-corrected chi connectivity index (χ4v) is 4.98. The SMILES string of the molecule is Cc1csc(CN)c1S(=O)(=O)NCC(C)C1CC1. The Labute approximate surface area is 113 Å². The average molecular weight is 288 g/mol. The van der Waals surface area contributed by atoms with Gasteiger partial charge in [0.15, 0.2) is 0 Å². The van der Waals surface area contributed by atoms with Crippen LogP contribution in [0.5, 0.6) is 0 Å². The second kappa shape index (κ2) is 5.28. The predicted molar refractivity (Wildman–Crippen MR) is 74.0 cm³/mol. The number of nitrogens with one attached hydrogen (secondary N) is 1. The van der Waals surface area contributed by atoms with Crippen LogP contribution in [0.25, 0.3) is 0 Å². The van der Waals surface area contributed by atoms with E-state index in [-0.39, 0.29) is 6.54 Å². The maximum absolute atomic E-state index is 12.3. The fourth-order valence-electron chi connectivity index (χ4n) is 2.13. The van der Waals surface area contributed by atoms with Gasteiger partial charge < -0.3 is 5.73 Å². The van der Waals surface area contributed by atoms with Gasteiger partial charge in [-0.3, -0.25) is 0 Å². The second-order valence-corrected chi connectivity index (χ2v) is 7.71. The van der Waals surface area contributed by atoms with E-state index in [0.29, 0.717) is 23.3 Å². The molecule has 102 valence electrons. The van der Waals surface area contributed by atoms with E-state index < -0.39 is 10.0 Å². The molecule has 1 aromatic rings. The molecular weight excluding hydrogens is 268 g/mol. The highest BCUT2D eigenvalue weighted by Crippen LogP contribution is 2.36. The second-order valence-electron chi connectivity index (χ2n) is 5.04. The number of sulfonamides is 1. The summed E-state index contributed by atoms with van der Waals surface area (Å²) in [6.07, 6.45) is 2.46. The molecule has 2 rings (SSSR count). The number of hydrogen-bond acceptors (Lipinski definition) is 4. The molecule has 0 radical (unpaired) electrons. The Hall–Kier alpha value is -0.430. The van der Waals surface area contributed by atoms with Gasteiger partial charge in [0.1, 0.15) is 4.90 Å². The van der Waals surface area contributed by atoms with Gasteiger partial charge in [-0.15, -0.1) is 11.3 Å². The minimum Gasteiger partial charge on any atom is -0.326 e. The largest absolute Gasteiger partial charge is 0.326 e. The van der Waals surface area contributed by atoms with Gasteiger partial charge in [-0.05, 0) is 42.5 Å². The van der Waals surface area contributed by atoms with Crippen LogP contribution in [0.4, 0.5) is 0 Å². The summed E-state index contributed by atoms with van der Waals surface area (Å²) in [5.74, 6) is 1.12. The van der Waals surface area contributed by atoms with Crippen LogP contribution in [0.1, 0.15) is 30.2 Å². The molecule has 0 amide bonds. The molecule has 0 aromatic carbocycles. The maximum atomic E-state index is 12.3. The molecule has 4 nitrogen and oxygen atoms in total. The molecule has 18 heavy (non-hydrogen) atoms. The van der Waals surface area contributed by atoms with Crippen molar-refractivity contribution in [2.75, 3.05) is 6.54 Å². The molecule has 0 saturated heterocycles. The molecule has 1 aliphatic carbocycles. The lowest BCUT2D eigenvalue weighted by molar-refractivity contribution is 0.491. The lowest BCUT2D eigenvalue weighted by atomic mass is 10.1. The fraction of sp³-hybridized carbons (Fsp3) is 0.667. The van der Waals surface area contributed by atoms with Gasteiger partial charge in [-0.1, -0.05) is 6.92 Å². The number of nitrogens with two attached hydrogens (primary N) is 1. The summed E-state index contributed by atoms with van der Waals surface area (Å²) in [5, 5.41) is 1.85. The summed E-state index contributed by atoms with van der Waals surface area (Å²) in [4.78, 5) is 1.12. The molecule has 1 unspecified atom stereocenters. The molecule has 6 heteroatoms. The Kier molecular flexibility index (Phi) is 4.11. The molecule has 1 heterocycles. The first-order valence-electron chi connectivity index (χ1n) is 6.22.